The SMILES string of the molecule is CNC([CH]c1ccc(F)c(Cl)c1)Cc1ccccc1. The Morgan fingerprint density at radius 1 is 1.21 bits per heavy atom. The van der Waals surface area contributed by atoms with E-state index in [-0.39, 0.29) is 16.9 Å². The van der Waals surface area contributed by atoms with Crippen LogP contribution < -0.4 is 5.32 Å². The summed E-state index contributed by atoms with van der Waals surface area (Å²) in [6.45, 7) is 0. The van der Waals surface area contributed by atoms with E-state index >= 15 is 0 Å². The van der Waals surface area contributed by atoms with Crippen LogP contribution in [0.25, 0.3) is 0 Å². The van der Waals surface area contributed by atoms with Crippen LogP contribution in [-0.2, 0) is 6.42 Å². The van der Waals surface area contributed by atoms with Crippen molar-refractivity contribution in [1.29, 1.82) is 0 Å². The topological polar surface area (TPSA) is 12.0 Å². The molecule has 1 unspecified atom stereocenters. The monoisotopic (exact) mass is 276 g/mol. The van der Waals surface area contributed by atoms with E-state index in [1.54, 1.807) is 12.1 Å². The Hall–Kier alpha value is -1.38. The zero-order chi connectivity index (χ0) is 13.7. The summed E-state index contributed by atoms with van der Waals surface area (Å²) < 4.78 is 13.1. The van der Waals surface area contributed by atoms with Crippen molar-refractivity contribution < 1.29 is 4.39 Å². The molecule has 0 saturated carbocycles. The van der Waals surface area contributed by atoms with E-state index in [4.69, 9.17) is 11.6 Å². The van der Waals surface area contributed by atoms with E-state index < -0.39 is 0 Å². The molecule has 0 aliphatic carbocycles. The summed E-state index contributed by atoms with van der Waals surface area (Å²) >= 11 is 5.79. The van der Waals surface area contributed by atoms with Crippen LogP contribution in [-0.4, -0.2) is 13.1 Å². The number of nitrogens with one attached hydrogen (secondary N) is 1. The lowest BCUT2D eigenvalue weighted by Gasteiger charge is -2.16. The Morgan fingerprint density at radius 3 is 2.58 bits per heavy atom. The lowest BCUT2D eigenvalue weighted by Crippen LogP contribution is -2.28. The van der Waals surface area contributed by atoms with Gasteiger partial charge in [0.15, 0.2) is 0 Å². The molecule has 1 atom stereocenters. The van der Waals surface area contributed by atoms with E-state index in [9.17, 15) is 4.39 Å². The lowest BCUT2D eigenvalue weighted by molar-refractivity contribution is 0.623. The normalized spacial score (nSPS) is 12.4. The van der Waals surface area contributed by atoms with Gasteiger partial charge in [-0.05, 0) is 36.7 Å². The standard InChI is InChI=1S/C16H16ClFN/c1-19-14(9-12-5-3-2-4-6-12)10-13-7-8-16(18)15(17)11-13/h2-8,10-11,14,19H,9H2,1H3. The zero-order valence-electron chi connectivity index (χ0n) is 10.7. The Bertz CT molecular complexity index is 528. The van der Waals surface area contributed by atoms with Gasteiger partial charge < -0.3 is 5.32 Å². The van der Waals surface area contributed by atoms with Crippen LogP contribution in [0, 0.1) is 12.2 Å². The molecular weight excluding hydrogens is 261 g/mol. The highest BCUT2D eigenvalue weighted by molar-refractivity contribution is 6.30. The van der Waals surface area contributed by atoms with Crippen LogP contribution in [0.15, 0.2) is 48.5 Å². The molecule has 1 N–H and O–H groups in total. The fourth-order valence-corrected chi connectivity index (χ4v) is 2.15. The summed E-state index contributed by atoms with van der Waals surface area (Å²) in [5, 5.41) is 3.40. The second-order valence-corrected chi connectivity index (χ2v) is 4.83. The maximum atomic E-state index is 13.1. The van der Waals surface area contributed by atoms with Gasteiger partial charge in [0.1, 0.15) is 5.82 Å². The average Bonchev–Trinajstić information content (AvgIpc) is 2.43. The van der Waals surface area contributed by atoms with E-state index in [1.165, 1.54) is 11.6 Å². The van der Waals surface area contributed by atoms with E-state index in [0.717, 1.165) is 12.0 Å². The second kappa shape index (κ2) is 6.69. The third-order valence-corrected chi connectivity index (χ3v) is 3.30. The molecule has 3 heteroatoms. The van der Waals surface area contributed by atoms with Gasteiger partial charge in [-0.1, -0.05) is 48.0 Å². The lowest BCUT2D eigenvalue weighted by atomic mass is 9.99. The summed E-state index contributed by atoms with van der Waals surface area (Å²) in [6.07, 6.45) is 2.94. The van der Waals surface area contributed by atoms with Gasteiger partial charge in [-0.15, -0.1) is 0 Å². The van der Waals surface area contributed by atoms with Crippen molar-refractivity contribution in [3.8, 4) is 0 Å². The molecule has 0 fully saturated rings. The first-order chi connectivity index (χ1) is 9.19. The number of hydrogen-bond donors (Lipinski definition) is 1. The summed E-state index contributed by atoms with van der Waals surface area (Å²) in [7, 11) is 1.91. The largest absolute Gasteiger partial charge is 0.316 e. The van der Waals surface area contributed by atoms with Crippen LogP contribution in [0.1, 0.15) is 11.1 Å². The van der Waals surface area contributed by atoms with Gasteiger partial charge in [0, 0.05) is 12.5 Å². The van der Waals surface area contributed by atoms with Gasteiger partial charge in [-0.25, -0.2) is 4.39 Å². The fraction of sp³-hybridized carbons (Fsp3) is 0.188. The van der Waals surface area contributed by atoms with Gasteiger partial charge >= 0.3 is 0 Å². The minimum Gasteiger partial charge on any atom is -0.316 e. The molecule has 2 aromatic carbocycles. The third-order valence-electron chi connectivity index (χ3n) is 3.01. The predicted octanol–water partition coefficient (Wildman–Crippen LogP) is 3.86. The highest BCUT2D eigenvalue weighted by Crippen LogP contribution is 2.19. The molecule has 0 saturated heterocycles. The van der Waals surface area contributed by atoms with Crippen LogP contribution in [0.4, 0.5) is 4.39 Å². The Kier molecular flexibility index (Phi) is 4.94. The molecule has 2 rings (SSSR count). The van der Waals surface area contributed by atoms with E-state index in [0.29, 0.717) is 0 Å². The fourth-order valence-electron chi connectivity index (χ4n) is 1.96. The molecule has 0 amide bonds. The quantitative estimate of drug-likeness (QED) is 0.874. The van der Waals surface area contributed by atoms with E-state index in [2.05, 4.69) is 23.9 Å². The van der Waals surface area contributed by atoms with Crippen molar-refractivity contribution in [3.63, 3.8) is 0 Å². The molecule has 99 valence electrons. The van der Waals surface area contributed by atoms with Crippen LogP contribution in [0.2, 0.25) is 5.02 Å². The maximum Gasteiger partial charge on any atom is 0.141 e. The minimum absolute atomic E-state index is 0.156. The summed E-state index contributed by atoms with van der Waals surface area (Å²) in [5.41, 5.74) is 2.17. The number of halogens is 2. The number of rotatable bonds is 5. The second-order valence-electron chi connectivity index (χ2n) is 4.43. The summed E-state index contributed by atoms with van der Waals surface area (Å²) in [5.74, 6) is -0.386. The molecule has 1 radical (unpaired) electrons. The molecule has 0 spiro atoms. The Morgan fingerprint density at radius 2 is 1.95 bits per heavy atom. The van der Waals surface area contributed by atoms with Crippen molar-refractivity contribution in [2.45, 2.75) is 12.5 Å². The maximum absolute atomic E-state index is 13.1. The predicted molar refractivity (Wildman–Crippen MR) is 77.8 cm³/mol. The Balaban J connectivity index is 2.04. The number of benzene rings is 2. The first kappa shape index (κ1) is 14.0. The van der Waals surface area contributed by atoms with Crippen molar-refractivity contribution in [1.82, 2.24) is 5.32 Å². The van der Waals surface area contributed by atoms with Crippen LogP contribution in [0.5, 0.6) is 0 Å². The number of hydrogen-bond acceptors (Lipinski definition) is 1. The van der Waals surface area contributed by atoms with Gasteiger partial charge in [0.2, 0.25) is 0 Å². The highest BCUT2D eigenvalue weighted by Gasteiger charge is 2.10. The smallest absolute Gasteiger partial charge is 0.141 e. The molecule has 19 heavy (non-hydrogen) atoms. The number of likely N-dealkylation sites (N-methyl/N-ethyl adjacent to an activating group) is 1. The molecule has 0 heterocycles. The van der Waals surface area contributed by atoms with Crippen molar-refractivity contribution >= 4 is 11.6 Å². The van der Waals surface area contributed by atoms with Gasteiger partial charge in [0.05, 0.1) is 5.02 Å². The minimum atomic E-state index is -0.386. The first-order valence-corrected chi connectivity index (χ1v) is 6.58. The molecule has 2 aromatic rings. The van der Waals surface area contributed by atoms with Gasteiger partial charge in [-0.2, -0.15) is 0 Å². The molecule has 0 aromatic heterocycles. The molecular formula is C16H16ClFN. The highest BCUT2D eigenvalue weighted by atomic mass is 35.5. The van der Waals surface area contributed by atoms with Crippen molar-refractivity contribution in [2.75, 3.05) is 7.05 Å². The van der Waals surface area contributed by atoms with Crippen molar-refractivity contribution in [3.05, 3.63) is 76.9 Å². The first-order valence-electron chi connectivity index (χ1n) is 6.20. The molecule has 0 bridgehead atoms. The van der Waals surface area contributed by atoms with E-state index in [1.807, 2.05) is 25.2 Å². The molecule has 0 aliphatic rings. The Labute approximate surface area is 118 Å². The van der Waals surface area contributed by atoms with Gasteiger partial charge in [0.25, 0.3) is 0 Å². The van der Waals surface area contributed by atoms with Crippen LogP contribution in [0.3, 0.4) is 0 Å². The van der Waals surface area contributed by atoms with Crippen molar-refractivity contribution in [2.24, 2.45) is 0 Å². The third kappa shape index (κ3) is 4.05. The summed E-state index contributed by atoms with van der Waals surface area (Å²) in [4.78, 5) is 0. The van der Waals surface area contributed by atoms with Crippen LogP contribution >= 0.6 is 11.6 Å². The average molecular weight is 277 g/mol. The molecule has 1 nitrogen and oxygen atoms in total. The molecule has 0 aliphatic heterocycles. The summed E-state index contributed by atoms with van der Waals surface area (Å²) in [6, 6.07) is 15.2. The zero-order valence-corrected chi connectivity index (χ0v) is 11.5. The van der Waals surface area contributed by atoms with Gasteiger partial charge in [-0.3, -0.25) is 0 Å².